The van der Waals surface area contributed by atoms with Crippen LogP contribution in [0.15, 0.2) is 0 Å². The average Bonchev–Trinajstić information content (AvgIpc) is 2.17. The number of hydrogen-bond donors (Lipinski definition) is 1. The Balaban J connectivity index is 2.77. The van der Waals surface area contributed by atoms with Gasteiger partial charge in [0.2, 0.25) is 0 Å². The molecule has 2 nitrogen and oxygen atoms in total. The van der Waals surface area contributed by atoms with Crippen molar-refractivity contribution in [2.45, 2.75) is 45.6 Å². The van der Waals surface area contributed by atoms with Crippen LogP contribution in [0.5, 0.6) is 0 Å². The molecule has 0 aliphatic heterocycles. The van der Waals surface area contributed by atoms with Crippen molar-refractivity contribution in [2.75, 3.05) is 6.54 Å². The molecule has 1 N–H and O–H groups in total. The molecule has 1 aliphatic carbocycles. The third kappa shape index (κ3) is 2.52. The molecule has 2 heteroatoms. The lowest BCUT2D eigenvalue weighted by Gasteiger charge is -2.44. The predicted octanol–water partition coefficient (Wildman–Crippen LogP) is 2.32. The van der Waals surface area contributed by atoms with Gasteiger partial charge in [0, 0.05) is 0 Å². The Labute approximate surface area is 93.1 Å². The first-order valence-corrected chi connectivity index (χ1v) is 5.55. The molecular weight excluding hydrogens is 184 g/mol. The summed E-state index contributed by atoms with van der Waals surface area (Å²) in [5, 5.41) is 12.6. The van der Waals surface area contributed by atoms with Crippen LogP contribution in [0.1, 0.15) is 40.0 Å². The molecule has 0 saturated heterocycles. The predicted molar refractivity (Wildman–Crippen MR) is 62.0 cm³/mol. The summed E-state index contributed by atoms with van der Waals surface area (Å²) in [7, 11) is 0. The van der Waals surface area contributed by atoms with Gasteiger partial charge < -0.3 is 0 Å². The highest BCUT2D eigenvalue weighted by atomic mass is 15.0. The number of terminal acetylenes is 1. The molecule has 2 atom stereocenters. The molecular formula is C13H20N2. The second-order valence-corrected chi connectivity index (χ2v) is 5.41. The van der Waals surface area contributed by atoms with E-state index in [2.05, 4.69) is 38.1 Å². The number of nitrogens with one attached hydrogen (secondary N) is 1. The fourth-order valence-corrected chi connectivity index (χ4v) is 2.56. The van der Waals surface area contributed by atoms with E-state index >= 15 is 0 Å². The van der Waals surface area contributed by atoms with Gasteiger partial charge in [-0.15, -0.1) is 6.42 Å². The molecule has 1 saturated carbocycles. The van der Waals surface area contributed by atoms with Crippen molar-refractivity contribution in [3.05, 3.63) is 0 Å². The molecule has 2 unspecified atom stereocenters. The van der Waals surface area contributed by atoms with Crippen molar-refractivity contribution in [2.24, 2.45) is 11.3 Å². The van der Waals surface area contributed by atoms with Gasteiger partial charge in [-0.05, 0) is 30.6 Å². The Bertz CT molecular complexity index is 305. The highest BCUT2D eigenvalue weighted by molar-refractivity contribution is 5.14. The molecule has 1 aliphatic rings. The van der Waals surface area contributed by atoms with Gasteiger partial charge in [0.15, 0.2) is 0 Å². The quantitative estimate of drug-likeness (QED) is 0.701. The van der Waals surface area contributed by atoms with Crippen molar-refractivity contribution in [3.63, 3.8) is 0 Å². The van der Waals surface area contributed by atoms with E-state index in [0.29, 0.717) is 17.9 Å². The lowest BCUT2D eigenvalue weighted by molar-refractivity contribution is 0.113. The van der Waals surface area contributed by atoms with Crippen LogP contribution in [0.2, 0.25) is 0 Å². The van der Waals surface area contributed by atoms with Crippen molar-refractivity contribution < 1.29 is 0 Å². The van der Waals surface area contributed by atoms with Crippen molar-refractivity contribution in [1.82, 2.24) is 5.32 Å². The first kappa shape index (κ1) is 12.1. The maximum atomic E-state index is 9.33. The van der Waals surface area contributed by atoms with Gasteiger partial charge in [0.05, 0.1) is 12.6 Å². The molecule has 15 heavy (non-hydrogen) atoms. The Kier molecular flexibility index (Phi) is 3.42. The van der Waals surface area contributed by atoms with Crippen molar-refractivity contribution in [3.8, 4) is 18.4 Å². The largest absolute Gasteiger partial charge is 0.288 e. The zero-order valence-corrected chi connectivity index (χ0v) is 9.93. The Hall–Kier alpha value is -0.990. The minimum absolute atomic E-state index is 0.359. The number of hydrogen-bond acceptors (Lipinski definition) is 2. The molecule has 0 aromatic rings. The summed E-state index contributed by atoms with van der Waals surface area (Å²) in [5.74, 6) is 2.91. The van der Waals surface area contributed by atoms with Gasteiger partial charge in [-0.2, -0.15) is 5.26 Å². The summed E-state index contributed by atoms with van der Waals surface area (Å²) in [5.41, 5.74) is -0.0422. The molecule has 0 amide bonds. The van der Waals surface area contributed by atoms with Crippen LogP contribution in [-0.2, 0) is 0 Å². The molecule has 82 valence electrons. The van der Waals surface area contributed by atoms with Crippen LogP contribution in [0.4, 0.5) is 0 Å². The van der Waals surface area contributed by atoms with E-state index in [1.807, 2.05) is 0 Å². The Morgan fingerprint density at radius 1 is 1.47 bits per heavy atom. The smallest absolute Gasteiger partial charge is 0.110 e. The SMILES string of the molecule is C#CCNC1(C#N)CCC(C)(C)CC1C. The number of nitrogens with zero attached hydrogens (tertiary/aromatic N) is 1. The lowest BCUT2D eigenvalue weighted by atomic mass is 9.64. The third-order valence-electron chi connectivity index (χ3n) is 3.60. The maximum absolute atomic E-state index is 9.33. The second-order valence-electron chi connectivity index (χ2n) is 5.41. The van der Waals surface area contributed by atoms with Crippen LogP contribution in [0.3, 0.4) is 0 Å². The van der Waals surface area contributed by atoms with Crippen LogP contribution in [-0.4, -0.2) is 12.1 Å². The van der Waals surface area contributed by atoms with Gasteiger partial charge in [-0.25, -0.2) is 0 Å². The highest BCUT2D eigenvalue weighted by Crippen LogP contribution is 2.43. The molecule has 1 rings (SSSR count). The lowest BCUT2D eigenvalue weighted by Crippen LogP contribution is -2.53. The molecule has 0 aromatic heterocycles. The molecule has 0 aromatic carbocycles. The summed E-state index contributed by atoms with van der Waals surface area (Å²) in [6, 6.07) is 2.43. The van der Waals surface area contributed by atoms with Gasteiger partial charge in [-0.3, -0.25) is 5.32 Å². The first-order valence-electron chi connectivity index (χ1n) is 5.55. The minimum Gasteiger partial charge on any atom is -0.288 e. The summed E-state index contributed by atoms with van der Waals surface area (Å²) in [6.45, 7) is 7.17. The van der Waals surface area contributed by atoms with Crippen molar-refractivity contribution >= 4 is 0 Å². The van der Waals surface area contributed by atoms with Gasteiger partial charge in [-0.1, -0.05) is 26.7 Å². The van der Waals surface area contributed by atoms with Gasteiger partial charge in [0.25, 0.3) is 0 Å². The van der Waals surface area contributed by atoms with Crippen LogP contribution in [0.25, 0.3) is 0 Å². The molecule has 0 radical (unpaired) electrons. The van der Waals surface area contributed by atoms with Crippen LogP contribution in [0, 0.1) is 35.0 Å². The van der Waals surface area contributed by atoms with E-state index in [1.54, 1.807) is 0 Å². The fraction of sp³-hybridized carbons (Fsp3) is 0.769. The zero-order chi connectivity index (χ0) is 11.5. The zero-order valence-electron chi connectivity index (χ0n) is 9.93. The summed E-state index contributed by atoms with van der Waals surface area (Å²) in [6.07, 6.45) is 8.31. The Morgan fingerprint density at radius 3 is 2.60 bits per heavy atom. The monoisotopic (exact) mass is 204 g/mol. The standard InChI is InChI=1S/C13H20N2/c1-5-8-15-13(10-14)7-6-12(3,4)9-11(13)2/h1,11,15H,6-9H2,2-4H3. The second kappa shape index (κ2) is 4.25. The molecule has 0 spiro atoms. The fourth-order valence-electron chi connectivity index (χ4n) is 2.56. The normalized spacial score (nSPS) is 34.1. The Morgan fingerprint density at radius 2 is 2.13 bits per heavy atom. The van der Waals surface area contributed by atoms with E-state index in [1.165, 1.54) is 0 Å². The third-order valence-corrected chi connectivity index (χ3v) is 3.60. The molecule has 1 fully saturated rings. The first-order chi connectivity index (χ1) is 6.96. The summed E-state index contributed by atoms with van der Waals surface area (Å²) >= 11 is 0. The van der Waals surface area contributed by atoms with Gasteiger partial charge >= 0.3 is 0 Å². The average molecular weight is 204 g/mol. The minimum atomic E-state index is -0.401. The topological polar surface area (TPSA) is 35.8 Å². The summed E-state index contributed by atoms with van der Waals surface area (Å²) in [4.78, 5) is 0. The maximum Gasteiger partial charge on any atom is 0.110 e. The van der Waals surface area contributed by atoms with E-state index in [9.17, 15) is 5.26 Å². The van der Waals surface area contributed by atoms with E-state index in [4.69, 9.17) is 6.42 Å². The van der Waals surface area contributed by atoms with Gasteiger partial charge in [0.1, 0.15) is 5.54 Å². The number of rotatable bonds is 2. The van der Waals surface area contributed by atoms with Crippen LogP contribution < -0.4 is 5.32 Å². The number of nitriles is 1. The van der Waals surface area contributed by atoms with E-state index in [-0.39, 0.29) is 0 Å². The van der Waals surface area contributed by atoms with E-state index in [0.717, 1.165) is 19.3 Å². The summed E-state index contributed by atoms with van der Waals surface area (Å²) < 4.78 is 0. The van der Waals surface area contributed by atoms with Crippen molar-refractivity contribution in [1.29, 1.82) is 5.26 Å². The van der Waals surface area contributed by atoms with E-state index < -0.39 is 5.54 Å². The molecule has 0 bridgehead atoms. The molecule has 0 heterocycles. The van der Waals surface area contributed by atoms with Crippen LogP contribution >= 0.6 is 0 Å². The highest BCUT2D eigenvalue weighted by Gasteiger charge is 2.43.